The molecule has 22 heavy (non-hydrogen) atoms. The summed E-state index contributed by atoms with van der Waals surface area (Å²) in [4.78, 5) is 36.6. The van der Waals surface area contributed by atoms with Gasteiger partial charge in [-0.2, -0.15) is 0 Å². The lowest BCUT2D eigenvalue weighted by Gasteiger charge is -2.42. The molecular weight excluding hydrogens is 286 g/mol. The first-order chi connectivity index (χ1) is 10.4. The Bertz CT molecular complexity index is 619. The average molecular weight is 307 g/mol. The van der Waals surface area contributed by atoms with E-state index in [0.717, 1.165) is 0 Å². The second kappa shape index (κ2) is 6.74. The molecule has 0 saturated heterocycles. The van der Waals surface area contributed by atoms with Crippen molar-refractivity contribution in [2.75, 3.05) is 13.1 Å². The zero-order valence-electron chi connectivity index (χ0n) is 12.8. The summed E-state index contributed by atoms with van der Waals surface area (Å²) in [5.41, 5.74) is -0.191. The number of likely N-dealkylation sites (N-methyl/N-ethyl adjacent to an activating group) is 1. The molecule has 7 nitrogen and oxygen atoms in total. The molecule has 0 aromatic carbocycles. The molecule has 1 fully saturated rings. The van der Waals surface area contributed by atoms with Crippen LogP contribution in [0.1, 0.15) is 30.1 Å². The predicted molar refractivity (Wildman–Crippen MR) is 80.8 cm³/mol. The summed E-state index contributed by atoms with van der Waals surface area (Å²) < 4.78 is 1.37. The van der Waals surface area contributed by atoms with Gasteiger partial charge in [0.2, 0.25) is 0 Å². The number of carbonyl (C=O) groups is 2. The zero-order chi connectivity index (χ0) is 16.3. The summed E-state index contributed by atoms with van der Waals surface area (Å²) >= 11 is 0. The summed E-state index contributed by atoms with van der Waals surface area (Å²) in [7, 11) is 1.60. The molecule has 1 aromatic rings. The quantitative estimate of drug-likeness (QED) is 0.775. The molecule has 0 bridgehead atoms. The first-order valence-corrected chi connectivity index (χ1v) is 7.34. The first kappa shape index (κ1) is 16.2. The molecule has 0 atom stereocenters. The highest BCUT2D eigenvalue weighted by molar-refractivity contribution is 5.94. The fourth-order valence-corrected chi connectivity index (χ4v) is 2.71. The zero-order valence-corrected chi connectivity index (χ0v) is 12.8. The summed E-state index contributed by atoms with van der Waals surface area (Å²) in [5.74, 6) is -1.21. The minimum Gasteiger partial charge on any atom is -0.480 e. The maximum absolute atomic E-state index is 12.1. The molecule has 1 aliphatic carbocycles. The Kier molecular flexibility index (Phi) is 4.97. The minimum atomic E-state index is -0.845. The standard InChI is InChI=1S/C15H21N3O4/c1-3-18(9-13(19)20)11-7-10(8-11)16-14(21)12-5-4-6-17(2)15(12)22/h4-6,10-11H,3,7-9H2,1-2H3,(H,16,21)(H,19,20). The summed E-state index contributed by atoms with van der Waals surface area (Å²) in [6.07, 6.45) is 3.02. The van der Waals surface area contributed by atoms with Crippen LogP contribution < -0.4 is 10.9 Å². The number of hydrogen-bond donors (Lipinski definition) is 2. The van der Waals surface area contributed by atoms with Crippen molar-refractivity contribution in [2.45, 2.75) is 31.8 Å². The third-order valence-electron chi connectivity index (χ3n) is 4.08. The second-order valence-electron chi connectivity index (χ2n) is 5.59. The maximum Gasteiger partial charge on any atom is 0.317 e. The lowest BCUT2D eigenvalue weighted by molar-refractivity contribution is -0.139. The lowest BCUT2D eigenvalue weighted by Crippen LogP contribution is -2.55. The van der Waals surface area contributed by atoms with Crippen molar-refractivity contribution < 1.29 is 14.7 Å². The molecule has 2 N–H and O–H groups in total. The highest BCUT2D eigenvalue weighted by atomic mass is 16.4. The van der Waals surface area contributed by atoms with Crippen LogP contribution in [0.4, 0.5) is 0 Å². The molecule has 1 saturated carbocycles. The van der Waals surface area contributed by atoms with Crippen LogP contribution in [0.2, 0.25) is 0 Å². The van der Waals surface area contributed by atoms with Crippen LogP contribution in [0.25, 0.3) is 0 Å². The van der Waals surface area contributed by atoms with Gasteiger partial charge in [0.25, 0.3) is 11.5 Å². The van der Waals surface area contributed by atoms with Gasteiger partial charge in [0.1, 0.15) is 5.56 Å². The Morgan fingerprint density at radius 3 is 2.73 bits per heavy atom. The number of hydrogen-bond acceptors (Lipinski definition) is 4. The van der Waals surface area contributed by atoms with Crippen LogP contribution in [-0.4, -0.2) is 51.6 Å². The van der Waals surface area contributed by atoms with E-state index in [1.807, 2.05) is 11.8 Å². The van der Waals surface area contributed by atoms with Crippen molar-refractivity contribution in [3.05, 3.63) is 34.2 Å². The third-order valence-corrected chi connectivity index (χ3v) is 4.08. The highest BCUT2D eigenvalue weighted by Gasteiger charge is 2.35. The van der Waals surface area contributed by atoms with Gasteiger partial charge in [0.05, 0.1) is 6.54 Å². The van der Waals surface area contributed by atoms with Crippen molar-refractivity contribution in [3.63, 3.8) is 0 Å². The van der Waals surface area contributed by atoms with Crippen molar-refractivity contribution in [1.29, 1.82) is 0 Å². The number of nitrogens with zero attached hydrogens (tertiary/aromatic N) is 2. The average Bonchev–Trinajstić information content (AvgIpc) is 2.42. The predicted octanol–water partition coefficient (Wildman–Crippen LogP) is 0.0526. The Balaban J connectivity index is 1.89. The van der Waals surface area contributed by atoms with E-state index in [1.54, 1.807) is 19.3 Å². The number of amides is 1. The number of carboxylic acid groups (broad SMARTS) is 1. The van der Waals surface area contributed by atoms with E-state index >= 15 is 0 Å². The molecule has 1 amide bonds. The molecule has 0 spiro atoms. The van der Waals surface area contributed by atoms with Crippen molar-refractivity contribution in [3.8, 4) is 0 Å². The number of carbonyl (C=O) groups excluding carboxylic acids is 1. The Hall–Kier alpha value is -2.15. The van der Waals surface area contributed by atoms with Gasteiger partial charge in [-0.15, -0.1) is 0 Å². The normalized spacial score (nSPS) is 20.5. The molecule has 1 aliphatic rings. The molecule has 0 aliphatic heterocycles. The third kappa shape index (κ3) is 3.54. The number of pyridine rings is 1. The van der Waals surface area contributed by atoms with Crippen LogP contribution in [0.3, 0.4) is 0 Å². The summed E-state index contributed by atoms with van der Waals surface area (Å²) in [5, 5.41) is 11.7. The molecule has 1 heterocycles. The number of aliphatic carboxylic acids is 1. The molecule has 120 valence electrons. The summed E-state index contributed by atoms with van der Waals surface area (Å²) in [6.45, 7) is 2.60. The van der Waals surface area contributed by atoms with Crippen LogP contribution in [0.5, 0.6) is 0 Å². The van der Waals surface area contributed by atoms with Gasteiger partial charge in [0.15, 0.2) is 0 Å². The van der Waals surface area contributed by atoms with E-state index in [1.165, 1.54) is 10.6 Å². The molecule has 0 unspecified atom stereocenters. The fourth-order valence-electron chi connectivity index (χ4n) is 2.71. The number of aromatic nitrogens is 1. The van der Waals surface area contributed by atoms with Crippen LogP contribution in [-0.2, 0) is 11.8 Å². The Morgan fingerprint density at radius 1 is 1.45 bits per heavy atom. The van der Waals surface area contributed by atoms with Gasteiger partial charge in [-0.1, -0.05) is 6.92 Å². The van der Waals surface area contributed by atoms with Gasteiger partial charge >= 0.3 is 5.97 Å². The fraction of sp³-hybridized carbons (Fsp3) is 0.533. The van der Waals surface area contributed by atoms with E-state index < -0.39 is 5.97 Å². The van der Waals surface area contributed by atoms with E-state index in [2.05, 4.69) is 5.32 Å². The van der Waals surface area contributed by atoms with Crippen molar-refractivity contribution >= 4 is 11.9 Å². The molecule has 1 aromatic heterocycles. The van der Waals surface area contributed by atoms with Crippen LogP contribution in [0.15, 0.2) is 23.1 Å². The van der Waals surface area contributed by atoms with Gasteiger partial charge in [-0.05, 0) is 31.5 Å². The van der Waals surface area contributed by atoms with Gasteiger partial charge < -0.3 is 15.0 Å². The minimum absolute atomic E-state index is 0.00902. The first-order valence-electron chi connectivity index (χ1n) is 7.34. The molecule has 7 heteroatoms. The topological polar surface area (TPSA) is 91.6 Å². The number of carboxylic acids is 1. The molecule has 2 rings (SSSR count). The smallest absolute Gasteiger partial charge is 0.317 e. The lowest BCUT2D eigenvalue weighted by atomic mass is 9.85. The van der Waals surface area contributed by atoms with Gasteiger partial charge in [-0.25, -0.2) is 0 Å². The van der Waals surface area contributed by atoms with E-state index in [9.17, 15) is 14.4 Å². The summed E-state index contributed by atoms with van der Waals surface area (Å²) in [6, 6.07) is 3.33. The van der Waals surface area contributed by atoms with Gasteiger partial charge in [-0.3, -0.25) is 19.3 Å². The number of aryl methyl sites for hydroxylation is 1. The van der Waals surface area contributed by atoms with Crippen molar-refractivity contribution in [1.82, 2.24) is 14.8 Å². The Labute approximate surface area is 128 Å². The molecular formula is C15H21N3O4. The van der Waals surface area contributed by atoms with Crippen LogP contribution in [0, 0.1) is 0 Å². The highest BCUT2D eigenvalue weighted by Crippen LogP contribution is 2.25. The number of rotatable bonds is 6. The number of nitrogens with one attached hydrogen (secondary N) is 1. The van der Waals surface area contributed by atoms with Gasteiger partial charge in [0, 0.05) is 25.3 Å². The van der Waals surface area contributed by atoms with E-state index in [0.29, 0.717) is 19.4 Å². The van der Waals surface area contributed by atoms with Crippen LogP contribution >= 0.6 is 0 Å². The largest absolute Gasteiger partial charge is 0.480 e. The SMILES string of the molecule is CCN(CC(=O)O)C1CC(NC(=O)c2cccn(C)c2=O)C1. The maximum atomic E-state index is 12.1. The second-order valence-corrected chi connectivity index (χ2v) is 5.59. The molecule has 0 radical (unpaired) electrons. The monoisotopic (exact) mass is 307 g/mol. The van der Waals surface area contributed by atoms with E-state index in [-0.39, 0.29) is 35.7 Å². The van der Waals surface area contributed by atoms with E-state index in [4.69, 9.17) is 5.11 Å². The van der Waals surface area contributed by atoms with Crippen molar-refractivity contribution in [2.24, 2.45) is 7.05 Å². The Morgan fingerprint density at radius 2 is 2.14 bits per heavy atom.